The van der Waals surface area contributed by atoms with Crippen molar-refractivity contribution in [2.45, 2.75) is 43.8 Å². The standard InChI is InChI=1S/C15H19Cl2NO3/c16-10-4-3-5-11(17)14(10)12(19)9-18-13(20)8-15(21)6-1-2-7-15/h3-5,12,19,21H,1-2,6-9H2,(H,18,20)/t12-/m1/s1. The first-order valence-electron chi connectivity index (χ1n) is 7.02. The molecule has 0 aromatic heterocycles. The fraction of sp³-hybridized carbons (Fsp3) is 0.533. The molecule has 4 nitrogen and oxygen atoms in total. The minimum atomic E-state index is -0.978. The molecule has 0 aliphatic heterocycles. The van der Waals surface area contributed by atoms with Crippen molar-refractivity contribution in [3.63, 3.8) is 0 Å². The number of amides is 1. The highest BCUT2D eigenvalue weighted by molar-refractivity contribution is 6.36. The molecule has 0 unspecified atom stereocenters. The molecule has 0 heterocycles. The first-order valence-corrected chi connectivity index (χ1v) is 7.78. The van der Waals surface area contributed by atoms with Gasteiger partial charge in [-0.3, -0.25) is 4.79 Å². The second kappa shape index (κ2) is 6.97. The van der Waals surface area contributed by atoms with Crippen LogP contribution in [0.2, 0.25) is 10.0 Å². The summed E-state index contributed by atoms with van der Waals surface area (Å²) < 4.78 is 0. The normalized spacial score (nSPS) is 18.5. The van der Waals surface area contributed by atoms with Crippen LogP contribution in [0, 0.1) is 0 Å². The van der Waals surface area contributed by atoms with Gasteiger partial charge < -0.3 is 15.5 Å². The Balaban J connectivity index is 1.89. The summed E-state index contributed by atoms with van der Waals surface area (Å²) in [5.41, 5.74) is -0.488. The molecule has 0 radical (unpaired) electrons. The van der Waals surface area contributed by atoms with Crippen molar-refractivity contribution < 1.29 is 15.0 Å². The van der Waals surface area contributed by atoms with Gasteiger partial charge in [-0.15, -0.1) is 0 Å². The summed E-state index contributed by atoms with van der Waals surface area (Å²) in [6.45, 7) is 0.0123. The number of halogens is 2. The third kappa shape index (κ3) is 4.33. The average molecular weight is 332 g/mol. The zero-order chi connectivity index (χ0) is 15.5. The van der Waals surface area contributed by atoms with E-state index in [0.29, 0.717) is 28.5 Å². The second-order valence-electron chi connectivity index (χ2n) is 5.56. The van der Waals surface area contributed by atoms with E-state index >= 15 is 0 Å². The molecule has 1 atom stereocenters. The van der Waals surface area contributed by atoms with Gasteiger partial charge in [0.25, 0.3) is 0 Å². The fourth-order valence-electron chi connectivity index (χ4n) is 2.71. The fourth-order valence-corrected chi connectivity index (χ4v) is 3.36. The lowest BCUT2D eigenvalue weighted by atomic mass is 9.97. The molecule has 0 spiro atoms. The van der Waals surface area contributed by atoms with Gasteiger partial charge in [-0.2, -0.15) is 0 Å². The molecule has 1 aromatic rings. The van der Waals surface area contributed by atoms with Crippen LogP contribution in [0.5, 0.6) is 0 Å². The van der Waals surface area contributed by atoms with Crippen molar-refractivity contribution in [2.75, 3.05) is 6.54 Å². The lowest BCUT2D eigenvalue weighted by Crippen LogP contribution is -2.36. The number of benzene rings is 1. The number of aliphatic hydroxyl groups excluding tert-OH is 1. The maximum atomic E-state index is 11.9. The van der Waals surface area contributed by atoms with Crippen LogP contribution < -0.4 is 5.32 Å². The third-order valence-electron chi connectivity index (χ3n) is 3.85. The Kier molecular flexibility index (Phi) is 5.49. The predicted molar refractivity (Wildman–Crippen MR) is 82.5 cm³/mol. The van der Waals surface area contributed by atoms with Crippen molar-refractivity contribution in [1.29, 1.82) is 0 Å². The lowest BCUT2D eigenvalue weighted by Gasteiger charge is -2.22. The summed E-state index contributed by atoms with van der Waals surface area (Å²) in [6, 6.07) is 4.96. The minimum absolute atomic E-state index is 0.0123. The van der Waals surface area contributed by atoms with Crippen LogP contribution >= 0.6 is 23.2 Å². The van der Waals surface area contributed by atoms with E-state index in [1.54, 1.807) is 18.2 Å². The molecule has 1 aromatic carbocycles. The van der Waals surface area contributed by atoms with Gasteiger partial charge in [0.05, 0.1) is 18.1 Å². The SMILES string of the molecule is O=C(CC1(O)CCCC1)NC[C@@H](O)c1c(Cl)cccc1Cl. The topological polar surface area (TPSA) is 69.6 Å². The maximum absolute atomic E-state index is 11.9. The molecule has 1 aliphatic carbocycles. The average Bonchev–Trinajstić information content (AvgIpc) is 2.82. The number of carbonyl (C=O) groups excluding carboxylic acids is 1. The Labute approximate surface area is 134 Å². The van der Waals surface area contributed by atoms with Gasteiger partial charge in [-0.1, -0.05) is 42.1 Å². The monoisotopic (exact) mass is 331 g/mol. The van der Waals surface area contributed by atoms with E-state index in [0.717, 1.165) is 12.8 Å². The molecule has 0 bridgehead atoms. The van der Waals surface area contributed by atoms with Gasteiger partial charge in [0.2, 0.25) is 5.91 Å². The molecule has 116 valence electrons. The number of rotatable bonds is 5. The number of hydrogen-bond acceptors (Lipinski definition) is 3. The smallest absolute Gasteiger partial charge is 0.222 e. The molecule has 0 saturated heterocycles. The number of carbonyl (C=O) groups is 1. The van der Waals surface area contributed by atoms with Gasteiger partial charge in [-0.25, -0.2) is 0 Å². The highest BCUT2D eigenvalue weighted by Crippen LogP contribution is 2.32. The first kappa shape index (κ1) is 16.6. The van der Waals surface area contributed by atoms with Crippen LogP contribution in [0.25, 0.3) is 0 Å². The zero-order valence-corrected chi connectivity index (χ0v) is 13.1. The van der Waals surface area contributed by atoms with E-state index in [9.17, 15) is 15.0 Å². The number of hydrogen-bond donors (Lipinski definition) is 3. The second-order valence-corrected chi connectivity index (χ2v) is 6.38. The quantitative estimate of drug-likeness (QED) is 0.777. The highest BCUT2D eigenvalue weighted by Gasteiger charge is 2.33. The summed E-state index contributed by atoms with van der Waals surface area (Å²) in [5.74, 6) is -0.276. The van der Waals surface area contributed by atoms with E-state index < -0.39 is 11.7 Å². The third-order valence-corrected chi connectivity index (χ3v) is 4.51. The van der Waals surface area contributed by atoms with E-state index in [1.165, 1.54) is 0 Å². The van der Waals surface area contributed by atoms with Crippen molar-refractivity contribution in [1.82, 2.24) is 5.32 Å². The van der Waals surface area contributed by atoms with Crippen LogP contribution in [-0.2, 0) is 4.79 Å². The Morgan fingerprint density at radius 2 is 1.86 bits per heavy atom. The Morgan fingerprint density at radius 3 is 2.43 bits per heavy atom. The maximum Gasteiger partial charge on any atom is 0.222 e. The molecular formula is C15H19Cl2NO3. The molecule has 6 heteroatoms. The van der Waals surface area contributed by atoms with E-state index in [1.807, 2.05) is 0 Å². The summed E-state index contributed by atoms with van der Waals surface area (Å²) in [7, 11) is 0. The molecule has 1 fully saturated rings. The van der Waals surface area contributed by atoms with E-state index in [2.05, 4.69) is 5.32 Å². The molecule has 1 saturated carbocycles. The molecular weight excluding hydrogens is 313 g/mol. The molecule has 1 amide bonds. The molecule has 1 aliphatic rings. The van der Waals surface area contributed by atoms with Crippen molar-refractivity contribution >= 4 is 29.1 Å². The summed E-state index contributed by atoms with van der Waals surface area (Å²) in [6.07, 6.45) is 2.28. The van der Waals surface area contributed by atoms with Gasteiger partial charge in [0, 0.05) is 22.2 Å². The van der Waals surface area contributed by atoms with Crippen molar-refractivity contribution in [2.24, 2.45) is 0 Å². The zero-order valence-electron chi connectivity index (χ0n) is 11.6. The molecule has 21 heavy (non-hydrogen) atoms. The Hall–Kier alpha value is -0.810. The van der Waals surface area contributed by atoms with E-state index in [4.69, 9.17) is 23.2 Å². The first-order chi connectivity index (χ1) is 9.91. The highest BCUT2D eigenvalue weighted by atomic mass is 35.5. The van der Waals surface area contributed by atoms with Crippen LogP contribution in [-0.4, -0.2) is 28.3 Å². The Bertz CT molecular complexity index is 495. The molecule has 3 N–H and O–H groups in total. The summed E-state index contributed by atoms with van der Waals surface area (Å²) in [4.78, 5) is 11.9. The van der Waals surface area contributed by atoms with Crippen LogP contribution in [0.3, 0.4) is 0 Å². The van der Waals surface area contributed by atoms with Gasteiger partial charge in [0.15, 0.2) is 0 Å². The number of aliphatic hydroxyl groups is 2. The van der Waals surface area contributed by atoms with Crippen LogP contribution in [0.4, 0.5) is 0 Å². The van der Waals surface area contributed by atoms with Gasteiger partial charge >= 0.3 is 0 Å². The van der Waals surface area contributed by atoms with Crippen molar-refractivity contribution in [3.05, 3.63) is 33.8 Å². The van der Waals surface area contributed by atoms with Gasteiger partial charge in [0.1, 0.15) is 0 Å². The van der Waals surface area contributed by atoms with Crippen molar-refractivity contribution in [3.8, 4) is 0 Å². The van der Waals surface area contributed by atoms with Crippen LogP contribution in [0.15, 0.2) is 18.2 Å². The minimum Gasteiger partial charge on any atom is -0.389 e. The van der Waals surface area contributed by atoms with E-state index in [-0.39, 0.29) is 18.9 Å². The number of nitrogens with one attached hydrogen (secondary N) is 1. The summed E-state index contributed by atoms with van der Waals surface area (Å²) >= 11 is 12.0. The van der Waals surface area contributed by atoms with Crippen LogP contribution in [0.1, 0.15) is 43.8 Å². The Morgan fingerprint density at radius 1 is 1.29 bits per heavy atom. The van der Waals surface area contributed by atoms with Gasteiger partial charge in [-0.05, 0) is 25.0 Å². The molecule has 2 rings (SSSR count). The lowest BCUT2D eigenvalue weighted by molar-refractivity contribution is -0.126. The largest absolute Gasteiger partial charge is 0.389 e. The predicted octanol–water partition coefficient (Wildman–Crippen LogP) is 2.84. The summed E-state index contributed by atoms with van der Waals surface area (Å²) in [5, 5.41) is 23.6.